The minimum absolute atomic E-state index is 0.420. The van der Waals surface area contributed by atoms with Gasteiger partial charge in [-0.15, -0.1) is 0 Å². The first-order valence-electron chi connectivity index (χ1n) is 9.39. The van der Waals surface area contributed by atoms with Crippen molar-refractivity contribution in [1.29, 1.82) is 0 Å². The van der Waals surface area contributed by atoms with Gasteiger partial charge in [0.25, 0.3) is 0 Å². The molecule has 0 aromatic carbocycles. The van der Waals surface area contributed by atoms with Crippen molar-refractivity contribution in [3.63, 3.8) is 0 Å². The Bertz CT molecular complexity index is 648. The lowest BCUT2D eigenvalue weighted by Gasteiger charge is -2.21. The summed E-state index contributed by atoms with van der Waals surface area (Å²) in [5.74, 6) is 1.53. The van der Waals surface area contributed by atoms with Crippen LogP contribution in [0.1, 0.15) is 50.5 Å². The molecule has 1 aliphatic heterocycles. The molecule has 0 amide bonds. The van der Waals surface area contributed by atoms with E-state index in [-0.39, 0.29) is 0 Å². The average molecular weight is 342 g/mol. The molecule has 3 rings (SSSR count). The Morgan fingerprint density at radius 1 is 1.20 bits per heavy atom. The minimum atomic E-state index is 0.420. The van der Waals surface area contributed by atoms with Gasteiger partial charge in [-0.25, -0.2) is 4.98 Å². The highest BCUT2D eigenvalue weighted by Gasteiger charge is 2.19. The van der Waals surface area contributed by atoms with Gasteiger partial charge < -0.3 is 5.32 Å². The summed E-state index contributed by atoms with van der Waals surface area (Å²) in [5.41, 5.74) is 2.43. The molecule has 6 heteroatoms. The Kier molecular flexibility index (Phi) is 6.02. The van der Waals surface area contributed by atoms with Crippen LogP contribution in [-0.4, -0.2) is 44.8 Å². The molecule has 0 bridgehead atoms. The number of nitrogens with zero attached hydrogens (tertiary/aromatic N) is 5. The van der Waals surface area contributed by atoms with Crippen LogP contribution in [0, 0.1) is 5.92 Å². The van der Waals surface area contributed by atoms with Gasteiger partial charge in [0, 0.05) is 25.8 Å². The molecule has 1 N–H and O–H groups in total. The van der Waals surface area contributed by atoms with Crippen molar-refractivity contribution in [1.82, 2.24) is 24.6 Å². The molecular weight excluding hydrogens is 312 g/mol. The van der Waals surface area contributed by atoms with Crippen LogP contribution in [0.4, 0.5) is 5.82 Å². The van der Waals surface area contributed by atoms with Crippen LogP contribution in [-0.2, 0) is 13.0 Å². The third-order valence-electron chi connectivity index (χ3n) is 5.03. The smallest absolute Gasteiger partial charge is 0.144 e. The Morgan fingerprint density at radius 2 is 2.08 bits per heavy atom. The maximum atomic E-state index is 4.53. The van der Waals surface area contributed by atoms with Crippen molar-refractivity contribution >= 4 is 5.82 Å². The quantitative estimate of drug-likeness (QED) is 0.874. The first kappa shape index (κ1) is 17.9. The standard InChI is InChI=1S/C19H30N6/c1-15(2)25-18(6-8-23-25)14-24-9-4-5-16(7-10-24)11-17-12-22-19(20-3)13-21-17/h6,8,12-13,15-16H,4-5,7,9-11,14H2,1-3H3,(H,20,22). The first-order valence-corrected chi connectivity index (χ1v) is 9.39. The van der Waals surface area contributed by atoms with Crippen molar-refractivity contribution in [3.8, 4) is 0 Å². The SMILES string of the molecule is CNc1cnc(CC2CCCN(Cc3ccnn3C(C)C)CC2)cn1. The molecule has 0 aliphatic carbocycles. The van der Waals surface area contributed by atoms with Gasteiger partial charge in [0.05, 0.1) is 23.8 Å². The van der Waals surface area contributed by atoms with Crippen molar-refractivity contribution in [2.24, 2.45) is 5.92 Å². The fraction of sp³-hybridized carbons (Fsp3) is 0.632. The number of likely N-dealkylation sites (tertiary alicyclic amines) is 1. The zero-order chi connectivity index (χ0) is 17.6. The van der Waals surface area contributed by atoms with Crippen molar-refractivity contribution < 1.29 is 0 Å². The summed E-state index contributed by atoms with van der Waals surface area (Å²) in [7, 11) is 1.87. The maximum absolute atomic E-state index is 4.53. The number of nitrogens with one attached hydrogen (secondary N) is 1. The van der Waals surface area contributed by atoms with E-state index < -0.39 is 0 Å². The van der Waals surface area contributed by atoms with Gasteiger partial charge in [0.1, 0.15) is 5.82 Å². The summed E-state index contributed by atoms with van der Waals surface area (Å²) in [4.78, 5) is 11.5. The number of anilines is 1. The van der Waals surface area contributed by atoms with E-state index in [1.807, 2.05) is 25.6 Å². The number of hydrogen-bond donors (Lipinski definition) is 1. The predicted molar refractivity (Wildman–Crippen MR) is 101 cm³/mol. The number of hydrogen-bond acceptors (Lipinski definition) is 5. The molecular formula is C19H30N6. The van der Waals surface area contributed by atoms with Crippen molar-refractivity contribution in [2.75, 3.05) is 25.5 Å². The maximum Gasteiger partial charge on any atom is 0.144 e. The zero-order valence-electron chi connectivity index (χ0n) is 15.6. The fourth-order valence-corrected chi connectivity index (χ4v) is 3.63. The predicted octanol–water partition coefficient (Wildman–Crippen LogP) is 3.14. The summed E-state index contributed by atoms with van der Waals surface area (Å²) < 4.78 is 2.14. The lowest BCUT2D eigenvalue weighted by molar-refractivity contribution is 0.261. The van der Waals surface area contributed by atoms with Gasteiger partial charge in [-0.2, -0.15) is 5.10 Å². The molecule has 0 spiro atoms. The molecule has 1 unspecified atom stereocenters. The van der Waals surface area contributed by atoms with Gasteiger partial charge in [0.15, 0.2) is 0 Å². The molecule has 0 radical (unpaired) electrons. The van der Waals surface area contributed by atoms with Gasteiger partial charge in [-0.1, -0.05) is 0 Å². The molecule has 0 saturated carbocycles. The van der Waals surface area contributed by atoms with E-state index in [0.29, 0.717) is 12.0 Å². The van der Waals surface area contributed by atoms with Gasteiger partial charge in [-0.3, -0.25) is 14.6 Å². The normalized spacial score (nSPS) is 19.1. The number of aromatic nitrogens is 4. The third kappa shape index (κ3) is 4.78. The molecule has 1 aliphatic rings. The summed E-state index contributed by atoms with van der Waals surface area (Å²) >= 11 is 0. The second-order valence-corrected chi connectivity index (χ2v) is 7.28. The highest BCUT2D eigenvalue weighted by atomic mass is 15.3. The molecule has 1 atom stereocenters. The topological polar surface area (TPSA) is 58.9 Å². The molecule has 136 valence electrons. The fourth-order valence-electron chi connectivity index (χ4n) is 3.63. The minimum Gasteiger partial charge on any atom is -0.372 e. The summed E-state index contributed by atoms with van der Waals surface area (Å²) in [5, 5.41) is 7.48. The summed E-state index contributed by atoms with van der Waals surface area (Å²) in [6.07, 6.45) is 10.4. The van der Waals surface area contributed by atoms with E-state index in [9.17, 15) is 0 Å². The van der Waals surface area contributed by atoms with Crippen LogP contribution in [0.25, 0.3) is 0 Å². The van der Waals surface area contributed by atoms with Gasteiger partial charge >= 0.3 is 0 Å². The van der Waals surface area contributed by atoms with Gasteiger partial charge in [-0.05, 0) is 64.6 Å². The Hall–Kier alpha value is -1.95. The Balaban J connectivity index is 1.54. The lowest BCUT2D eigenvalue weighted by atomic mass is 9.95. The summed E-state index contributed by atoms with van der Waals surface area (Å²) in [6, 6.07) is 2.57. The van der Waals surface area contributed by atoms with Crippen molar-refractivity contribution in [3.05, 3.63) is 36.0 Å². The van der Waals surface area contributed by atoms with E-state index in [0.717, 1.165) is 31.0 Å². The van der Waals surface area contributed by atoms with Crippen molar-refractivity contribution in [2.45, 2.75) is 52.1 Å². The van der Waals surface area contributed by atoms with E-state index in [1.54, 1.807) is 0 Å². The molecule has 1 saturated heterocycles. The van der Waals surface area contributed by atoms with E-state index in [4.69, 9.17) is 0 Å². The summed E-state index contributed by atoms with van der Waals surface area (Å²) in [6.45, 7) is 7.70. The largest absolute Gasteiger partial charge is 0.372 e. The van der Waals surface area contributed by atoms with Gasteiger partial charge in [0.2, 0.25) is 0 Å². The lowest BCUT2D eigenvalue weighted by Crippen LogP contribution is -2.26. The first-order chi connectivity index (χ1) is 12.2. The van der Waals surface area contributed by atoms with Crippen LogP contribution < -0.4 is 5.32 Å². The second kappa shape index (κ2) is 8.43. The molecule has 1 fully saturated rings. The van der Waals surface area contributed by atoms with Crippen LogP contribution in [0.2, 0.25) is 0 Å². The average Bonchev–Trinajstić information content (AvgIpc) is 2.97. The molecule has 25 heavy (non-hydrogen) atoms. The number of rotatable bonds is 6. The highest BCUT2D eigenvalue weighted by Crippen LogP contribution is 2.22. The van der Waals surface area contributed by atoms with Crippen LogP contribution in [0.5, 0.6) is 0 Å². The third-order valence-corrected chi connectivity index (χ3v) is 5.03. The second-order valence-electron chi connectivity index (χ2n) is 7.28. The monoisotopic (exact) mass is 342 g/mol. The Morgan fingerprint density at radius 3 is 2.80 bits per heavy atom. The molecule has 6 nitrogen and oxygen atoms in total. The van der Waals surface area contributed by atoms with E-state index in [1.165, 1.54) is 31.5 Å². The van der Waals surface area contributed by atoms with Crippen LogP contribution >= 0.6 is 0 Å². The van der Waals surface area contributed by atoms with Crippen LogP contribution in [0.3, 0.4) is 0 Å². The molecule has 2 aromatic heterocycles. The van der Waals surface area contributed by atoms with E-state index in [2.05, 4.69) is 49.9 Å². The molecule has 3 heterocycles. The highest BCUT2D eigenvalue weighted by molar-refractivity contribution is 5.29. The Labute approximate surface area is 150 Å². The van der Waals surface area contributed by atoms with Crippen LogP contribution in [0.15, 0.2) is 24.7 Å². The molecule has 2 aromatic rings. The van der Waals surface area contributed by atoms with E-state index >= 15 is 0 Å². The zero-order valence-corrected chi connectivity index (χ0v) is 15.6.